The number of amides is 2. The van der Waals surface area contributed by atoms with Crippen molar-refractivity contribution in [1.82, 2.24) is 5.32 Å². The molecule has 0 spiro atoms. The number of imide groups is 1. The molecule has 17 heavy (non-hydrogen) atoms. The highest BCUT2D eigenvalue weighted by Gasteiger charge is 2.30. The largest absolute Gasteiger partial charge is 0.396 e. The lowest BCUT2D eigenvalue weighted by atomic mass is 9.84. The van der Waals surface area contributed by atoms with E-state index in [2.05, 4.69) is 5.32 Å². The van der Waals surface area contributed by atoms with E-state index in [4.69, 9.17) is 0 Å². The van der Waals surface area contributed by atoms with E-state index in [1.54, 1.807) is 12.1 Å². The number of fused-ring (bicyclic) bond motifs is 1. The first-order chi connectivity index (χ1) is 7.94. The van der Waals surface area contributed by atoms with Crippen molar-refractivity contribution in [2.75, 3.05) is 6.61 Å². The van der Waals surface area contributed by atoms with E-state index in [-0.39, 0.29) is 23.8 Å². The number of hydrogen-bond donors (Lipinski definition) is 2. The topological polar surface area (TPSA) is 66.4 Å². The van der Waals surface area contributed by atoms with Crippen molar-refractivity contribution in [2.45, 2.75) is 20.3 Å². The first kappa shape index (κ1) is 11.8. The molecule has 0 unspecified atom stereocenters. The minimum Gasteiger partial charge on any atom is -0.396 e. The van der Waals surface area contributed by atoms with Gasteiger partial charge in [0.1, 0.15) is 0 Å². The van der Waals surface area contributed by atoms with E-state index in [9.17, 15) is 14.7 Å². The van der Waals surface area contributed by atoms with Crippen LogP contribution in [0.2, 0.25) is 0 Å². The first-order valence-electron chi connectivity index (χ1n) is 5.53. The van der Waals surface area contributed by atoms with Crippen molar-refractivity contribution in [2.24, 2.45) is 5.41 Å². The van der Waals surface area contributed by atoms with E-state index in [1.165, 1.54) is 0 Å². The van der Waals surface area contributed by atoms with Gasteiger partial charge in [-0.15, -0.1) is 0 Å². The van der Waals surface area contributed by atoms with Crippen molar-refractivity contribution in [3.63, 3.8) is 0 Å². The van der Waals surface area contributed by atoms with Gasteiger partial charge in [-0.1, -0.05) is 26.0 Å². The fourth-order valence-corrected chi connectivity index (χ4v) is 2.01. The van der Waals surface area contributed by atoms with Gasteiger partial charge in [-0.2, -0.15) is 0 Å². The third-order valence-electron chi connectivity index (χ3n) is 2.95. The van der Waals surface area contributed by atoms with Crippen molar-refractivity contribution >= 4 is 11.8 Å². The third kappa shape index (κ3) is 2.08. The van der Waals surface area contributed by atoms with Crippen LogP contribution in [0, 0.1) is 5.41 Å². The number of nitrogens with one attached hydrogen (secondary N) is 1. The van der Waals surface area contributed by atoms with Gasteiger partial charge in [-0.05, 0) is 23.5 Å². The fourth-order valence-electron chi connectivity index (χ4n) is 2.01. The molecule has 0 aliphatic carbocycles. The van der Waals surface area contributed by atoms with Gasteiger partial charge in [0.15, 0.2) is 0 Å². The van der Waals surface area contributed by atoms with Gasteiger partial charge in [0.25, 0.3) is 11.8 Å². The summed E-state index contributed by atoms with van der Waals surface area (Å²) in [5, 5.41) is 11.5. The van der Waals surface area contributed by atoms with Crippen LogP contribution in [-0.2, 0) is 6.42 Å². The number of carbonyl (C=O) groups excluding carboxylic acids is 2. The van der Waals surface area contributed by atoms with Crippen LogP contribution in [-0.4, -0.2) is 23.5 Å². The van der Waals surface area contributed by atoms with Gasteiger partial charge >= 0.3 is 0 Å². The Morgan fingerprint density at radius 2 is 1.94 bits per heavy atom. The highest BCUT2D eigenvalue weighted by Crippen LogP contribution is 2.27. The summed E-state index contributed by atoms with van der Waals surface area (Å²) in [6.07, 6.45) is 0.563. The van der Waals surface area contributed by atoms with Crippen LogP contribution < -0.4 is 5.32 Å². The molecule has 1 aromatic rings. The van der Waals surface area contributed by atoms with Crippen LogP contribution in [0.5, 0.6) is 0 Å². The molecular formula is C13H15NO3. The number of rotatable bonds is 3. The maximum absolute atomic E-state index is 11.7. The molecule has 2 rings (SSSR count). The number of benzene rings is 1. The maximum Gasteiger partial charge on any atom is 0.259 e. The Morgan fingerprint density at radius 1 is 1.24 bits per heavy atom. The summed E-state index contributed by atoms with van der Waals surface area (Å²) >= 11 is 0. The fraction of sp³-hybridized carbons (Fsp3) is 0.385. The van der Waals surface area contributed by atoms with Crippen LogP contribution >= 0.6 is 0 Å². The second kappa shape index (κ2) is 3.96. The molecule has 0 saturated carbocycles. The summed E-state index contributed by atoms with van der Waals surface area (Å²) in [5.41, 5.74) is 1.39. The Bertz CT molecular complexity index is 491. The Hall–Kier alpha value is -1.68. The molecule has 90 valence electrons. The normalized spacial score (nSPS) is 14.8. The van der Waals surface area contributed by atoms with E-state index < -0.39 is 0 Å². The summed E-state index contributed by atoms with van der Waals surface area (Å²) in [6, 6.07) is 5.24. The molecular weight excluding hydrogens is 218 g/mol. The standard InChI is InChI=1S/C13H15NO3/c1-13(2,7-15)6-8-4-3-5-9-10(8)12(17)14-11(9)16/h3-5,15H,6-7H2,1-2H3,(H,14,16,17). The van der Waals surface area contributed by atoms with Gasteiger partial charge in [0, 0.05) is 6.61 Å². The lowest BCUT2D eigenvalue weighted by Crippen LogP contribution is -2.23. The Labute approximate surface area is 99.6 Å². The average Bonchev–Trinajstić information content (AvgIpc) is 2.55. The van der Waals surface area contributed by atoms with Crippen LogP contribution in [0.1, 0.15) is 40.1 Å². The van der Waals surface area contributed by atoms with Crippen molar-refractivity contribution in [3.05, 3.63) is 34.9 Å². The molecule has 0 radical (unpaired) electrons. The van der Waals surface area contributed by atoms with Crippen LogP contribution in [0.3, 0.4) is 0 Å². The summed E-state index contributed by atoms with van der Waals surface area (Å²) in [4.78, 5) is 23.2. The predicted octanol–water partition coefficient (Wildman–Crippen LogP) is 1.13. The first-order valence-corrected chi connectivity index (χ1v) is 5.53. The summed E-state index contributed by atoms with van der Waals surface area (Å²) < 4.78 is 0. The summed E-state index contributed by atoms with van der Waals surface area (Å²) in [6.45, 7) is 3.87. The molecule has 4 heteroatoms. The minimum atomic E-state index is -0.339. The third-order valence-corrected chi connectivity index (χ3v) is 2.95. The molecule has 1 aromatic carbocycles. The second-order valence-corrected chi connectivity index (χ2v) is 5.12. The van der Waals surface area contributed by atoms with Gasteiger partial charge in [0.2, 0.25) is 0 Å². The second-order valence-electron chi connectivity index (χ2n) is 5.12. The van der Waals surface area contributed by atoms with E-state index in [1.807, 2.05) is 19.9 Å². The highest BCUT2D eigenvalue weighted by atomic mass is 16.3. The zero-order chi connectivity index (χ0) is 12.6. The molecule has 0 atom stereocenters. The van der Waals surface area contributed by atoms with E-state index >= 15 is 0 Å². The molecule has 1 aliphatic heterocycles. The smallest absolute Gasteiger partial charge is 0.259 e. The average molecular weight is 233 g/mol. The van der Waals surface area contributed by atoms with Crippen LogP contribution in [0.25, 0.3) is 0 Å². The Kier molecular flexibility index (Phi) is 2.75. The van der Waals surface area contributed by atoms with E-state index in [0.29, 0.717) is 17.5 Å². The molecule has 0 fully saturated rings. The molecule has 0 bridgehead atoms. The van der Waals surface area contributed by atoms with Gasteiger partial charge in [-0.3, -0.25) is 14.9 Å². The summed E-state index contributed by atoms with van der Waals surface area (Å²) in [7, 11) is 0. The molecule has 0 aromatic heterocycles. The van der Waals surface area contributed by atoms with Crippen LogP contribution in [0.15, 0.2) is 18.2 Å². The molecule has 0 saturated heterocycles. The summed E-state index contributed by atoms with van der Waals surface area (Å²) in [5.74, 6) is -0.678. The van der Waals surface area contributed by atoms with Gasteiger partial charge in [0.05, 0.1) is 11.1 Å². The van der Waals surface area contributed by atoms with Gasteiger partial charge in [-0.25, -0.2) is 0 Å². The zero-order valence-corrected chi connectivity index (χ0v) is 9.91. The number of hydrogen-bond acceptors (Lipinski definition) is 3. The predicted molar refractivity (Wildman–Crippen MR) is 62.8 cm³/mol. The lowest BCUT2D eigenvalue weighted by molar-refractivity contribution is 0.0879. The molecule has 1 aliphatic rings. The van der Waals surface area contributed by atoms with Crippen molar-refractivity contribution in [3.8, 4) is 0 Å². The number of aliphatic hydroxyl groups excluding tert-OH is 1. The molecule has 2 N–H and O–H groups in total. The highest BCUT2D eigenvalue weighted by molar-refractivity contribution is 6.22. The lowest BCUT2D eigenvalue weighted by Gasteiger charge is -2.22. The Balaban J connectivity index is 2.44. The maximum atomic E-state index is 11.7. The van der Waals surface area contributed by atoms with Crippen LogP contribution in [0.4, 0.5) is 0 Å². The Morgan fingerprint density at radius 3 is 2.59 bits per heavy atom. The zero-order valence-electron chi connectivity index (χ0n) is 9.91. The SMILES string of the molecule is CC(C)(CO)Cc1cccc2c1C(=O)NC2=O. The monoisotopic (exact) mass is 233 g/mol. The number of carbonyl (C=O) groups is 2. The molecule has 4 nitrogen and oxygen atoms in total. The quantitative estimate of drug-likeness (QED) is 0.769. The molecule has 2 amide bonds. The van der Waals surface area contributed by atoms with Crippen molar-refractivity contribution in [1.29, 1.82) is 0 Å². The molecule has 1 heterocycles. The van der Waals surface area contributed by atoms with E-state index in [0.717, 1.165) is 5.56 Å². The van der Waals surface area contributed by atoms with Crippen molar-refractivity contribution < 1.29 is 14.7 Å². The minimum absolute atomic E-state index is 0.0340. The number of aliphatic hydroxyl groups is 1. The van der Waals surface area contributed by atoms with Gasteiger partial charge < -0.3 is 5.11 Å².